The zero-order valence-corrected chi connectivity index (χ0v) is 17.4. The van der Waals surface area contributed by atoms with Crippen LogP contribution in [0.5, 0.6) is 0 Å². The van der Waals surface area contributed by atoms with Crippen LogP contribution in [0.2, 0.25) is 0 Å². The standard InChI is InChI=1S/C22H26N2O3S/c1-4-27-22(26)17-9-12-24(13-10-17)21(25)18-6-5-11-23-20(18)28-19-8-7-15(2)14-16(19)3/h5-8,11,14,17H,4,9-10,12-13H2,1-3H3. The molecule has 1 aromatic heterocycles. The Bertz CT molecular complexity index is 861. The smallest absolute Gasteiger partial charge is 0.309 e. The van der Waals surface area contributed by atoms with Crippen LogP contribution in [0.1, 0.15) is 41.3 Å². The van der Waals surface area contributed by atoms with Gasteiger partial charge >= 0.3 is 5.97 Å². The number of aromatic nitrogens is 1. The van der Waals surface area contributed by atoms with Crippen LogP contribution >= 0.6 is 11.8 Å². The van der Waals surface area contributed by atoms with E-state index in [1.165, 1.54) is 22.9 Å². The number of aryl methyl sites for hydroxylation is 2. The van der Waals surface area contributed by atoms with E-state index in [1.807, 2.05) is 17.9 Å². The maximum absolute atomic E-state index is 13.1. The highest BCUT2D eigenvalue weighted by atomic mass is 32.2. The fourth-order valence-corrected chi connectivity index (χ4v) is 4.34. The molecule has 1 amide bonds. The summed E-state index contributed by atoms with van der Waals surface area (Å²) in [4.78, 5) is 32.4. The molecule has 5 nitrogen and oxygen atoms in total. The second-order valence-electron chi connectivity index (χ2n) is 7.05. The largest absolute Gasteiger partial charge is 0.466 e. The van der Waals surface area contributed by atoms with E-state index in [2.05, 4.69) is 37.0 Å². The molecule has 0 atom stereocenters. The summed E-state index contributed by atoms with van der Waals surface area (Å²) in [5, 5.41) is 0.715. The Morgan fingerprint density at radius 1 is 1.21 bits per heavy atom. The predicted molar refractivity (Wildman–Crippen MR) is 110 cm³/mol. The lowest BCUT2D eigenvalue weighted by Crippen LogP contribution is -2.40. The number of likely N-dealkylation sites (tertiary alicyclic amines) is 1. The molecule has 0 unspecified atom stereocenters. The number of ether oxygens (including phenoxy) is 1. The summed E-state index contributed by atoms with van der Waals surface area (Å²) in [5.74, 6) is -0.285. The zero-order chi connectivity index (χ0) is 20.1. The predicted octanol–water partition coefficient (Wildman–Crippen LogP) is 4.26. The lowest BCUT2D eigenvalue weighted by Gasteiger charge is -2.31. The molecule has 3 rings (SSSR count). The van der Waals surface area contributed by atoms with Crippen molar-refractivity contribution in [1.82, 2.24) is 9.88 Å². The van der Waals surface area contributed by atoms with Crippen LogP contribution in [0.4, 0.5) is 0 Å². The molecular weight excluding hydrogens is 372 g/mol. The molecule has 0 spiro atoms. The number of hydrogen-bond donors (Lipinski definition) is 0. The van der Waals surface area contributed by atoms with Crippen LogP contribution in [0.25, 0.3) is 0 Å². The first-order chi connectivity index (χ1) is 13.5. The lowest BCUT2D eigenvalue weighted by molar-refractivity contribution is -0.149. The highest BCUT2D eigenvalue weighted by Gasteiger charge is 2.29. The van der Waals surface area contributed by atoms with Gasteiger partial charge in [0.1, 0.15) is 5.03 Å². The minimum Gasteiger partial charge on any atom is -0.466 e. The maximum atomic E-state index is 13.1. The average Bonchev–Trinajstić information content (AvgIpc) is 2.70. The van der Waals surface area contributed by atoms with Gasteiger partial charge in [-0.05, 0) is 57.4 Å². The molecular formula is C22H26N2O3S. The monoisotopic (exact) mass is 398 g/mol. The van der Waals surface area contributed by atoms with Crippen molar-refractivity contribution in [2.45, 2.75) is 43.5 Å². The van der Waals surface area contributed by atoms with Crippen molar-refractivity contribution in [2.24, 2.45) is 5.92 Å². The van der Waals surface area contributed by atoms with Crippen molar-refractivity contribution in [3.63, 3.8) is 0 Å². The van der Waals surface area contributed by atoms with E-state index in [0.29, 0.717) is 43.1 Å². The number of piperidine rings is 1. The van der Waals surface area contributed by atoms with Crippen molar-refractivity contribution < 1.29 is 14.3 Å². The van der Waals surface area contributed by atoms with Gasteiger partial charge in [0.05, 0.1) is 18.1 Å². The molecule has 148 valence electrons. The quantitative estimate of drug-likeness (QED) is 0.704. The summed E-state index contributed by atoms with van der Waals surface area (Å²) in [5.41, 5.74) is 3.00. The maximum Gasteiger partial charge on any atom is 0.309 e. The first kappa shape index (κ1) is 20.4. The van der Waals surface area contributed by atoms with Crippen LogP contribution in [0, 0.1) is 19.8 Å². The number of nitrogens with zero attached hydrogens (tertiary/aromatic N) is 2. The van der Waals surface area contributed by atoms with Crippen molar-refractivity contribution in [1.29, 1.82) is 0 Å². The first-order valence-electron chi connectivity index (χ1n) is 9.65. The number of carbonyl (C=O) groups excluding carboxylic acids is 2. The number of pyridine rings is 1. The summed E-state index contributed by atoms with van der Waals surface area (Å²) >= 11 is 1.52. The van der Waals surface area contributed by atoms with Crippen LogP contribution in [-0.2, 0) is 9.53 Å². The molecule has 0 N–H and O–H groups in total. The fourth-order valence-electron chi connectivity index (χ4n) is 3.40. The van der Waals surface area contributed by atoms with E-state index < -0.39 is 0 Å². The molecule has 0 saturated carbocycles. The van der Waals surface area contributed by atoms with E-state index >= 15 is 0 Å². The first-order valence-corrected chi connectivity index (χ1v) is 10.5. The Labute approximate surface area is 170 Å². The van der Waals surface area contributed by atoms with Gasteiger partial charge in [0.15, 0.2) is 0 Å². The van der Waals surface area contributed by atoms with Gasteiger partial charge < -0.3 is 9.64 Å². The van der Waals surface area contributed by atoms with Gasteiger partial charge in [-0.15, -0.1) is 0 Å². The second-order valence-corrected chi connectivity index (χ2v) is 8.08. The zero-order valence-electron chi connectivity index (χ0n) is 16.6. The highest BCUT2D eigenvalue weighted by molar-refractivity contribution is 7.99. The van der Waals surface area contributed by atoms with Crippen LogP contribution in [0.3, 0.4) is 0 Å². The number of esters is 1. The van der Waals surface area contributed by atoms with Crippen molar-refractivity contribution in [3.8, 4) is 0 Å². The van der Waals surface area contributed by atoms with Crippen LogP contribution in [0.15, 0.2) is 46.5 Å². The lowest BCUT2D eigenvalue weighted by atomic mass is 9.96. The van der Waals surface area contributed by atoms with Crippen molar-refractivity contribution in [2.75, 3.05) is 19.7 Å². The minimum absolute atomic E-state index is 0.0253. The average molecular weight is 399 g/mol. The molecule has 1 aliphatic rings. The highest BCUT2D eigenvalue weighted by Crippen LogP contribution is 2.32. The second kappa shape index (κ2) is 9.24. The van der Waals surface area contributed by atoms with Crippen LogP contribution < -0.4 is 0 Å². The van der Waals surface area contributed by atoms with Crippen molar-refractivity contribution >= 4 is 23.6 Å². The molecule has 28 heavy (non-hydrogen) atoms. The minimum atomic E-state index is -0.151. The Morgan fingerprint density at radius 3 is 2.64 bits per heavy atom. The van der Waals surface area contributed by atoms with Gasteiger partial charge in [0.2, 0.25) is 0 Å². The SMILES string of the molecule is CCOC(=O)C1CCN(C(=O)c2cccnc2Sc2ccc(C)cc2C)CC1. The van der Waals surface area contributed by atoms with Gasteiger partial charge in [-0.3, -0.25) is 9.59 Å². The van der Waals surface area contributed by atoms with Gasteiger partial charge in [0, 0.05) is 24.2 Å². The molecule has 0 aliphatic carbocycles. The molecule has 1 saturated heterocycles. The Hall–Kier alpha value is -2.34. The van der Waals surface area contributed by atoms with Gasteiger partial charge in [-0.25, -0.2) is 4.98 Å². The third-order valence-corrected chi connectivity index (χ3v) is 6.14. The third kappa shape index (κ3) is 4.73. The molecule has 6 heteroatoms. The number of carbonyl (C=O) groups is 2. The van der Waals surface area contributed by atoms with E-state index in [9.17, 15) is 9.59 Å². The fraction of sp³-hybridized carbons (Fsp3) is 0.409. The summed E-state index contributed by atoms with van der Waals surface area (Å²) in [6, 6.07) is 9.90. The van der Waals surface area contributed by atoms with E-state index in [1.54, 1.807) is 12.3 Å². The van der Waals surface area contributed by atoms with E-state index in [0.717, 1.165) is 4.90 Å². The van der Waals surface area contributed by atoms with Crippen molar-refractivity contribution in [3.05, 3.63) is 53.2 Å². The number of benzene rings is 1. The normalized spacial score (nSPS) is 14.8. The Morgan fingerprint density at radius 2 is 1.96 bits per heavy atom. The van der Waals surface area contributed by atoms with E-state index in [4.69, 9.17) is 4.74 Å². The summed E-state index contributed by atoms with van der Waals surface area (Å²) < 4.78 is 5.11. The van der Waals surface area contributed by atoms with E-state index in [-0.39, 0.29) is 17.8 Å². The van der Waals surface area contributed by atoms with Gasteiger partial charge in [-0.2, -0.15) is 0 Å². The summed E-state index contributed by atoms with van der Waals surface area (Å²) in [6.07, 6.45) is 3.00. The Kier molecular flexibility index (Phi) is 6.73. The molecule has 1 aliphatic heterocycles. The molecule has 1 fully saturated rings. The third-order valence-electron chi connectivity index (χ3n) is 4.94. The Balaban J connectivity index is 1.72. The summed E-state index contributed by atoms with van der Waals surface area (Å²) in [6.45, 7) is 7.47. The molecule has 2 aromatic rings. The number of amides is 1. The number of rotatable bonds is 5. The molecule has 0 radical (unpaired) electrons. The summed E-state index contributed by atoms with van der Waals surface area (Å²) in [7, 11) is 0. The van der Waals surface area contributed by atoms with Gasteiger partial charge in [0.25, 0.3) is 5.91 Å². The van der Waals surface area contributed by atoms with Crippen LogP contribution in [-0.4, -0.2) is 41.5 Å². The molecule has 1 aromatic carbocycles. The topological polar surface area (TPSA) is 59.5 Å². The van der Waals surface area contributed by atoms with Gasteiger partial charge in [-0.1, -0.05) is 29.5 Å². The number of hydrogen-bond acceptors (Lipinski definition) is 5. The molecule has 0 bridgehead atoms. The molecule has 2 heterocycles.